The molecule has 4 rings (SSSR count). The Morgan fingerprint density at radius 2 is 1.83 bits per heavy atom. The van der Waals surface area contributed by atoms with E-state index in [1.54, 1.807) is 0 Å². The molecule has 3 aliphatic heterocycles. The zero-order valence-corrected chi connectivity index (χ0v) is 19.1. The van der Waals surface area contributed by atoms with Gasteiger partial charge in [-0.25, -0.2) is 0 Å². The minimum Gasteiger partial charge on any atom is -0.353 e. The highest BCUT2D eigenvalue weighted by Gasteiger charge is 2.41. The fourth-order valence-electron chi connectivity index (χ4n) is 5.55. The molecule has 0 radical (unpaired) electrons. The van der Waals surface area contributed by atoms with E-state index in [2.05, 4.69) is 52.8 Å². The number of rotatable bonds is 6. The van der Waals surface area contributed by atoms with Crippen LogP contribution in [-0.4, -0.2) is 42.0 Å². The van der Waals surface area contributed by atoms with Gasteiger partial charge in [0.15, 0.2) is 0 Å². The topological polar surface area (TPSA) is 44.4 Å². The van der Waals surface area contributed by atoms with Crippen LogP contribution in [0.25, 0.3) is 0 Å². The Balaban J connectivity index is 0.00000150. The van der Waals surface area contributed by atoms with Gasteiger partial charge in [0.05, 0.1) is 0 Å². The van der Waals surface area contributed by atoms with Crippen molar-refractivity contribution in [2.24, 2.45) is 11.8 Å². The lowest BCUT2D eigenvalue weighted by molar-refractivity contribution is -0.123. The molecule has 1 amide bonds. The molecule has 0 aromatic heterocycles. The number of hydrogen-bond donors (Lipinski definition) is 2. The number of piperidine rings is 2. The summed E-state index contributed by atoms with van der Waals surface area (Å²) in [5.74, 6) is 1.41. The van der Waals surface area contributed by atoms with E-state index < -0.39 is 0 Å². The first kappa shape index (κ1) is 24.5. The fourth-order valence-corrected chi connectivity index (χ4v) is 5.55. The molecule has 3 saturated heterocycles. The van der Waals surface area contributed by atoms with Gasteiger partial charge in [-0.1, -0.05) is 37.3 Å². The number of hydrogen-bond acceptors (Lipinski definition) is 3. The summed E-state index contributed by atoms with van der Waals surface area (Å²) < 4.78 is 0. The van der Waals surface area contributed by atoms with Crippen molar-refractivity contribution in [1.29, 1.82) is 0 Å². The van der Waals surface area contributed by atoms with Crippen molar-refractivity contribution < 1.29 is 4.79 Å². The number of nitrogens with one attached hydrogen (secondary N) is 2. The van der Waals surface area contributed by atoms with Crippen molar-refractivity contribution >= 4 is 30.7 Å². The van der Waals surface area contributed by atoms with Gasteiger partial charge in [-0.15, -0.1) is 24.8 Å². The van der Waals surface area contributed by atoms with Crippen molar-refractivity contribution in [3.8, 4) is 0 Å². The molecule has 1 aromatic carbocycles. The lowest BCUT2D eigenvalue weighted by atomic mass is 9.85. The van der Waals surface area contributed by atoms with Crippen LogP contribution in [-0.2, 0) is 11.3 Å². The van der Waals surface area contributed by atoms with E-state index in [-0.39, 0.29) is 30.7 Å². The summed E-state index contributed by atoms with van der Waals surface area (Å²) >= 11 is 0. The number of carbonyl (C=O) groups is 1. The molecule has 6 heteroatoms. The fraction of sp³-hybridized carbons (Fsp3) is 0.696. The Bertz CT molecular complexity index is 610. The number of fused-ring (bicyclic) bond motifs is 2. The van der Waals surface area contributed by atoms with Crippen LogP contribution in [0.4, 0.5) is 0 Å². The lowest BCUT2D eigenvalue weighted by Gasteiger charge is -2.39. The van der Waals surface area contributed by atoms with Crippen LogP contribution in [0.15, 0.2) is 30.3 Å². The Hall–Kier alpha value is -0.810. The third-order valence-corrected chi connectivity index (χ3v) is 7.10. The van der Waals surface area contributed by atoms with E-state index in [1.165, 1.54) is 31.2 Å². The van der Waals surface area contributed by atoms with Crippen LogP contribution in [0, 0.1) is 11.8 Å². The second-order valence-corrected chi connectivity index (χ2v) is 9.07. The number of benzene rings is 1. The highest BCUT2D eigenvalue weighted by atomic mass is 35.5. The van der Waals surface area contributed by atoms with E-state index in [0.29, 0.717) is 36.4 Å². The molecule has 2 bridgehead atoms. The maximum absolute atomic E-state index is 12.6. The largest absolute Gasteiger partial charge is 0.353 e. The summed E-state index contributed by atoms with van der Waals surface area (Å²) in [6.45, 7) is 5.53. The first-order chi connectivity index (χ1) is 13.2. The molecule has 4 atom stereocenters. The molecule has 4 nitrogen and oxygen atoms in total. The molecule has 3 aliphatic rings. The molecular weight excluding hydrogens is 405 g/mol. The summed E-state index contributed by atoms with van der Waals surface area (Å²) in [6.07, 6.45) is 8.01. The van der Waals surface area contributed by atoms with E-state index >= 15 is 0 Å². The van der Waals surface area contributed by atoms with Gasteiger partial charge in [0, 0.05) is 31.1 Å². The molecule has 0 aliphatic carbocycles. The van der Waals surface area contributed by atoms with Gasteiger partial charge in [0.1, 0.15) is 0 Å². The van der Waals surface area contributed by atoms with Gasteiger partial charge in [-0.3, -0.25) is 9.69 Å². The molecule has 3 heterocycles. The SMILES string of the molecule is CC(CC(=O)NC1CC2CCC(C1)N2Cc1ccccc1)C1CCCNC1.Cl.Cl. The normalized spacial score (nSPS) is 30.0. The van der Waals surface area contributed by atoms with Crippen LogP contribution in [0.3, 0.4) is 0 Å². The average molecular weight is 442 g/mol. The van der Waals surface area contributed by atoms with E-state index in [0.717, 1.165) is 32.5 Å². The zero-order chi connectivity index (χ0) is 18.6. The van der Waals surface area contributed by atoms with Crippen molar-refractivity contribution in [3.63, 3.8) is 0 Å². The van der Waals surface area contributed by atoms with Gasteiger partial charge in [0.2, 0.25) is 5.91 Å². The van der Waals surface area contributed by atoms with Gasteiger partial charge in [-0.05, 0) is 69.0 Å². The quantitative estimate of drug-likeness (QED) is 0.695. The lowest BCUT2D eigenvalue weighted by Crippen LogP contribution is -2.50. The molecule has 2 N–H and O–H groups in total. The average Bonchev–Trinajstić information content (AvgIpc) is 2.91. The summed E-state index contributed by atoms with van der Waals surface area (Å²) in [5.41, 5.74) is 1.41. The molecule has 4 unspecified atom stereocenters. The minimum absolute atomic E-state index is 0. The molecule has 1 aromatic rings. The molecule has 29 heavy (non-hydrogen) atoms. The molecule has 164 valence electrons. The highest BCUT2D eigenvalue weighted by molar-refractivity contribution is 5.85. The number of nitrogens with zero attached hydrogens (tertiary/aromatic N) is 1. The third-order valence-electron chi connectivity index (χ3n) is 7.10. The highest BCUT2D eigenvalue weighted by Crippen LogP contribution is 2.37. The number of halogens is 2. The molecule has 0 spiro atoms. The van der Waals surface area contributed by atoms with Crippen LogP contribution in [0.2, 0.25) is 0 Å². The monoisotopic (exact) mass is 441 g/mol. The van der Waals surface area contributed by atoms with Crippen LogP contribution in [0.5, 0.6) is 0 Å². The van der Waals surface area contributed by atoms with Gasteiger partial charge < -0.3 is 10.6 Å². The van der Waals surface area contributed by atoms with Crippen molar-refractivity contribution in [3.05, 3.63) is 35.9 Å². The molecular formula is C23H37Cl2N3O. The Morgan fingerprint density at radius 1 is 1.14 bits per heavy atom. The zero-order valence-electron chi connectivity index (χ0n) is 17.5. The van der Waals surface area contributed by atoms with Crippen molar-refractivity contribution in [2.45, 2.75) is 76.5 Å². The van der Waals surface area contributed by atoms with E-state index in [4.69, 9.17) is 0 Å². The summed E-state index contributed by atoms with van der Waals surface area (Å²) in [5, 5.41) is 6.87. The van der Waals surface area contributed by atoms with Crippen LogP contribution in [0.1, 0.15) is 57.4 Å². The van der Waals surface area contributed by atoms with Crippen molar-refractivity contribution in [2.75, 3.05) is 13.1 Å². The summed E-state index contributed by atoms with van der Waals surface area (Å²) in [6, 6.07) is 12.5. The maximum atomic E-state index is 12.6. The predicted molar refractivity (Wildman–Crippen MR) is 124 cm³/mol. The number of carbonyl (C=O) groups excluding carboxylic acids is 1. The van der Waals surface area contributed by atoms with E-state index in [9.17, 15) is 4.79 Å². The summed E-state index contributed by atoms with van der Waals surface area (Å²) in [7, 11) is 0. The van der Waals surface area contributed by atoms with Gasteiger partial charge >= 0.3 is 0 Å². The maximum Gasteiger partial charge on any atom is 0.220 e. The molecule has 3 fully saturated rings. The van der Waals surface area contributed by atoms with Crippen LogP contribution < -0.4 is 10.6 Å². The van der Waals surface area contributed by atoms with E-state index in [1.807, 2.05) is 0 Å². The summed E-state index contributed by atoms with van der Waals surface area (Å²) in [4.78, 5) is 15.3. The van der Waals surface area contributed by atoms with Crippen molar-refractivity contribution in [1.82, 2.24) is 15.5 Å². The first-order valence-corrected chi connectivity index (χ1v) is 11.0. The Kier molecular flexibility index (Phi) is 9.74. The minimum atomic E-state index is 0. The van der Waals surface area contributed by atoms with Crippen LogP contribution >= 0.6 is 24.8 Å². The second-order valence-electron chi connectivity index (χ2n) is 9.07. The number of amides is 1. The molecule has 0 saturated carbocycles. The smallest absolute Gasteiger partial charge is 0.220 e. The van der Waals surface area contributed by atoms with Gasteiger partial charge in [-0.2, -0.15) is 0 Å². The second kappa shape index (κ2) is 11.5. The first-order valence-electron chi connectivity index (χ1n) is 11.0. The Labute approximate surface area is 188 Å². The standard InChI is InChI=1S/C23H35N3O.2ClH/c1-17(19-8-5-11-24-15-19)12-23(27)25-20-13-21-9-10-22(14-20)26(21)16-18-6-3-2-4-7-18;;/h2-4,6-7,17,19-22,24H,5,8-16H2,1H3,(H,25,27);2*1H. The Morgan fingerprint density at radius 3 is 2.45 bits per heavy atom. The predicted octanol–water partition coefficient (Wildman–Crippen LogP) is 4.17. The van der Waals surface area contributed by atoms with Gasteiger partial charge in [0.25, 0.3) is 0 Å². The third kappa shape index (κ3) is 6.33.